The molecule has 0 fully saturated rings. The van der Waals surface area contributed by atoms with Crippen LogP contribution in [0.4, 0.5) is 5.69 Å². The van der Waals surface area contributed by atoms with Gasteiger partial charge in [0.1, 0.15) is 6.04 Å². The summed E-state index contributed by atoms with van der Waals surface area (Å²) in [6, 6.07) is 0.812. The highest BCUT2D eigenvalue weighted by Crippen LogP contribution is 2.31. The zero-order chi connectivity index (χ0) is 16.3. The number of carboxylic acids is 1. The standard InChI is InChI=1S/C12H12Cl2N2O5/c1-5(2)10(12(18)19)15-11(17)7-3-6(16(20)21)4-8(13)9(7)14/h3-5,10H,1-2H3,(H,15,17)(H,18,19). The number of amides is 1. The van der Waals surface area contributed by atoms with Crippen molar-refractivity contribution < 1.29 is 19.6 Å². The van der Waals surface area contributed by atoms with Crippen molar-refractivity contribution in [3.8, 4) is 0 Å². The molecule has 0 bridgehead atoms. The van der Waals surface area contributed by atoms with Crippen molar-refractivity contribution in [2.75, 3.05) is 0 Å². The molecule has 0 saturated heterocycles. The minimum atomic E-state index is -1.22. The van der Waals surface area contributed by atoms with Gasteiger partial charge in [0, 0.05) is 12.1 Å². The van der Waals surface area contributed by atoms with Gasteiger partial charge in [0.2, 0.25) is 0 Å². The molecule has 0 spiro atoms. The maximum absolute atomic E-state index is 12.1. The van der Waals surface area contributed by atoms with Gasteiger partial charge in [-0.2, -0.15) is 0 Å². The highest BCUT2D eigenvalue weighted by molar-refractivity contribution is 6.44. The molecular weight excluding hydrogens is 323 g/mol. The van der Waals surface area contributed by atoms with Gasteiger partial charge < -0.3 is 10.4 Å². The molecule has 7 nitrogen and oxygen atoms in total. The molecule has 0 saturated carbocycles. The predicted octanol–water partition coefficient (Wildman–Crippen LogP) is 2.74. The second kappa shape index (κ2) is 6.73. The third-order valence-corrected chi connectivity index (χ3v) is 3.49. The third kappa shape index (κ3) is 4.05. The van der Waals surface area contributed by atoms with Crippen LogP contribution in [0.1, 0.15) is 24.2 Å². The molecule has 1 unspecified atom stereocenters. The van der Waals surface area contributed by atoms with Gasteiger partial charge in [0.25, 0.3) is 11.6 Å². The van der Waals surface area contributed by atoms with Crippen molar-refractivity contribution in [1.29, 1.82) is 0 Å². The van der Waals surface area contributed by atoms with E-state index in [4.69, 9.17) is 28.3 Å². The van der Waals surface area contributed by atoms with Gasteiger partial charge in [-0.25, -0.2) is 4.79 Å². The highest BCUT2D eigenvalue weighted by Gasteiger charge is 2.26. The van der Waals surface area contributed by atoms with Crippen LogP contribution in [0, 0.1) is 16.0 Å². The lowest BCUT2D eigenvalue weighted by Gasteiger charge is -2.18. The van der Waals surface area contributed by atoms with Crippen molar-refractivity contribution in [3.05, 3.63) is 37.9 Å². The predicted molar refractivity (Wildman–Crippen MR) is 76.8 cm³/mol. The first kappa shape index (κ1) is 17.2. The molecule has 0 aromatic heterocycles. The summed E-state index contributed by atoms with van der Waals surface area (Å²) in [7, 11) is 0. The summed E-state index contributed by atoms with van der Waals surface area (Å²) < 4.78 is 0. The zero-order valence-electron chi connectivity index (χ0n) is 11.1. The van der Waals surface area contributed by atoms with E-state index in [1.54, 1.807) is 13.8 Å². The van der Waals surface area contributed by atoms with Gasteiger partial charge in [-0.1, -0.05) is 37.0 Å². The summed E-state index contributed by atoms with van der Waals surface area (Å²) in [4.78, 5) is 33.2. The summed E-state index contributed by atoms with van der Waals surface area (Å²) in [5.41, 5.74) is -0.659. The second-order valence-corrected chi connectivity index (χ2v) is 5.36. The lowest BCUT2D eigenvalue weighted by atomic mass is 10.0. The number of aliphatic carboxylic acids is 1. The van der Waals surface area contributed by atoms with Crippen molar-refractivity contribution in [3.63, 3.8) is 0 Å². The van der Waals surface area contributed by atoms with Gasteiger partial charge >= 0.3 is 5.97 Å². The number of nitro benzene ring substituents is 1. The van der Waals surface area contributed by atoms with Crippen LogP contribution < -0.4 is 5.32 Å². The lowest BCUT2D eigenvalue weighted by Crippen LogP contribution is -2.44. The van der Waals surface area contributed by atoms with E-state index in [1.807, 2.05) is 0 Å². The molecule has 1 aromatic carbocycles. The van der Waals surface area contributed by atoms with Crippen LogP contribution in [0.5, 0.6) is 0 Å². The number of nitro groups is 1. The van der Waals surface area contributed by atoms with Crippen LogP contribution in [0.25, 0.3) is 0 Å². The SMILES string of the molecule is CC(C)C(NC(=O)c1cc([N+](=O)[O-])cc(Cl)c1Cl)C(=O)O. The Morgan fingerprint density at radius 2 is 1.90 bits per heavy atom. The molecule has 2 N–H and O–H groups in total. The van der Waals surface area contributed by atoms with Crippen LogP contribution >= 0.6 is 23.2 Å². The molecular formula is C12H12Cl2N2O5. The lowest BCUT2D eigenvalue weighted by molar-refractivity contribution is -0.384. The van der Waals surface area contributed by atoms with Crippen LogP contribution in [-0.4, -0.2) is 27.9 Å². The molecule has 0 radical (unpaired) electrons. The van der Waals surface area contributed by atoms with Crippen molar-refractivity contribution in [2.24, 2.45) is 5.92 Å². The fourth-order valence-electron chi connectivity index (χ4n) is 1.58. The van der Waals surface area contributed by atoms with Gasteiger partial charge in [-0.05, 0) is 5.92 Å². The first-order chi connectivity index (χ1) is 9.65. The Labute approximate surface area is 130 Å². The maximum Gasteiger partial charge on any atom is 0.326 e. The van der Waals surface area contributed by atoms with E-state index < -0.39 is 28.5 Å². The van der Waals surface area contributed by atoms with Gasteiger partial charge in [0.15, 0.2) is 0 Å². The quantitative estimate of drug-likeness (QED) is 0.635. The molecule has 114 valence electrons. The normalized spacial score (nSPS) is 12.0. The van der Waals surface area contributed by atoms with E-state index in [2.05, 4.69) is 5.32 Å². The van der Waals surface area contributed by atoms with Crippen molar-refractivity contribution in [2.45, 2.75) is 19.9 Å². The van der Waals surface area contributed by atoms with Gasteiger partial charge in [-0.3, -0.25) is 14.9 Å². The van der Waals surface area contributed by atoms with E-state index in [-0.39, 0.29) is 21.5 Å². The Hall–Kier alpha value is -1.86. The first-order valence-corrected chi connectivity index (χ1v) is 6.57. The average Bonchev–Trinajstić information content (AvgIpc) is 2.37. The van der Waals surface area contributed by atoms with Crippen molar-refractivity contribution in [1.82, 2.24) is 5.32 Å². The number of rotatable bonds is 5. The Morgan fingerprint density at radius 3 is 2.33 bits per heavy atom. The summed E-state index contributed by atoms with van der Waals surface area (Å²) in [6.45, 7) is 3.22. The van der Waals surface area contributed by atoms with Crippen LogP contribution in [-0.2, 0) is 4.79 Å². The molecule has 1 aromatic rings. The number of carboxylic acid groups (broad SMARTS) is 1. The van der Waals surface area contributed by atoms with Crippen LogP contribution in [0.3, 0.4) is 0 Å². The fraction of sp³-hybridized carbons (Fsp3) is 0.333. The number of hydrogen-bond donors (Lipinski definition) is 2. The number of hydrogen-bond acceptors (Lipinski definition) is 4. The van der Waals surface area contributed by atoms with E-state index >= 15 is 0 Å². The Bertz CT molecular complexity index is 604. The van der Waals surface area contributed by atoms with E-state index in [9.17, 15) is 19.7 Å². The van der Waals surface area contributed by atoms with E-state index in [1.165, 1.54) is 0 Å². The molecule has 0 aliphatic rings. The minimum absolute atomic E-state index is 0.160. The van der Waals surface area contributed by atoms with Crippen LogP contribution in [0.2, 0.25) is 10.0 Å². The molecule has 9 heteroatoms. The summed E-state index contributed by atoms with van der Waals surface area (Å²) in [5.74, 6) is -2.43. The Balaban J connectivity index is 3.18. The summed E-state index contributed by atoms with van der Waals surface area (Å²) in [5, 5.41) is 21.7. The smallest absolute Gasteiger partial charge is 0.326 e. The average molecular weight is 335 g/mol. The minimum Gasteiger partial charge on any atom is -0.480 e. The van der Waals surface area contributed by atoms with Crippen LogP contribution in [0.15, 0.2) is 12.1 Å². The summed E-state index contributed by atoms with van der Waals surface area (Å²) >= 11 is 11.6. The number of nitrogens with one attached hydrogen (secondary N) is 1. The zero-order valence-corrected chi connectivity index (χ0v) is 12.6. The van der Waals surface area contributed by atoms with Gasteiger partial charge in [0.05, 0.1) is 20.5 Å². The largest absolute Gasteiger partial charge is 0.480 e. The molecule has 1 rings (SSSR count). The van der Waals surface area contributed by atoms with E-state index in [0.29, 0.717) is 0 Å². The van der Waals surface area contributed by atoms with Gasteiger partial charge in [-0.15, -0.1) is 0 Å². The molecule has 1 amide bonds. The maximum atomic E-state index is 12.1. The van der Waals surface area contributed by atoms with E-state index in [0.717, 1.165) is 12.1 Å². The molecule has 0 heterocycles. The number of nitrogens with zero attached hydrogens (tertiary/aromatic N) is 1. The fourth-order valence-corrected chi connectivity index (χ4v) is 1.99. The highest BCUT2D eigenvalue weighted by atomic mass is 35.5. The number of non-ortho nitro benzene ring substituents is 1. The van der Waals surface area contributed by atoms with Crippen molar-refractivity contribution >= 4 is 40.8 Å². The number of carbonyl (C=O) groups excluding carboxylic acids is 1. The summed E-state index contributed by atoms with van der Waals surface area (Å²) in [6.07, 6.45) is 0. The second-order valence-electron chi connectivity index (χ2n) is 4.58. The number of halogens is 2. The molecule has 0 aliphatic heterocycles. The number of carbonyl (C=O) groups is 2. The molecule has 1 atom stereocenters. The Morgan fingerprint density at radius 1 is 1.33 bits per heavy atom. The third-order valence-electron chi connectivity index (χ3n) is 2.69. The molecule has 21 heavy (non-hydrogen) atoms. The Kier molecular flexibility index (Phi) is 5.51. The first-order valence-electron chi connectivity index (χ1n) is 5.82. The monoisotopic (exact) mass is 334 g/mol. The topological polar surface area (TPSA) is 110 Å². The molecule has 0 aliphatic carbocycles. The number of benzene rings is 1.